The lowest BCUT2D eigenvalue weighted by Gasteiger charge is -2.39. The van der Waals surface area contributed by atoms with E-state index < -0.39 is 0 Å². The van der Waals surface area contributed by atoms with E-state index in [-0.39, 0.29) is 0 Å². The van der Waals surface area contributed by atoms with E-state index in [0.29, 0.717) is 0 Å². The molecule has 4 nitrogen and oxygen atoms in total. The fourth-order valence-electron chi connectivity index (χ4n) is 3.05. The lowest BCUT2D eigenvalue weighted by atomic mass is 10.1. The third-order valence-electron chi connectivity index (χ3n) is 4.56. The second kappa shape index (κ2) is 19.8. The highest BCUT2D eigenvalue weighted by Gasteiger charge is 2.24. The van der Waals surface area contributed by atoms with Crippen molar-refractivity contribution in [1.29, 1.82) is 10.5 Å². The summed E-state index contributed by atoms with van der Waals surface area (Å²) in [6.07, 6.45) is 16.8. The van der Waals surface area contributed by atoms with Gasteiger partial charge in [-0.3, -0.25) is 0 Å². The first kappa shape index (κ1) is 25.0. The maximum atomic E-state index is 7.48. The summed E-state index contributed by atoms with van der Waals surface area (Å²) in [5, 5.41) is 16.7. The predicted octanol–water partition coefficient (Wildman–Crippen LogP) is 5.32. The van der Waals surface area contributed by atoms with E-state index in [0.717, 1.165) is 0 Å². The van der Waals surface area contributed by atoms with Gasteiger partial charge in [-0.15, -0.1) is 0 Å². The summed E-state index contributed by atoms with van der Waals surface area (Å²) < 4.78 is 1.43. The molecule has 0 rings (SSSR count). The van der Waals surface area contributed by atoms with Gasteiger partial charge in [0.15, 0.2) is 12.4 Å². The van der Waals surface area contributed by atoms with Gasteiger partial charge in [-0.2, -0.15) is 10.5 Å². The van der Waals surface area contributed by atoms with E-state index in [9.17, 15) is 0 Å². The normalized spacial score (nSPS) is 10.2. The first-order chi connectivity index (χ1) is 11.7. The number of nitrogens with one attached hydrogen (secondary N) is 1. The average molecular weight is 338 g/mol. The molecule has 0 fully saturated rings. The minimum Gasteiger partial charge on any atom is -0.324 e. The van der Waals surface area contributed by atoms with Crippen LogP contribution in [0.5, 0.6) is 0 Å². The fourth-order valence-corrected chi connectivity index (χ4v) is 3.05. The number of hydrogen-bond donors (Lipinski definition) is 1. The van der Waals surface area contributed by atoms with Gasteiger partial charge in [0, 0.05) is 0 Å². The van der Waals surface area contributed by atoms with E-state index in [2.05, 4.69) is 27.7 Å². The minimum atomic E-state index is 1.35. The highest BCUT2D eigenvalue weighted by molar-refractivity contribution is 4.77. The SMILES string of the molecule is CCCCCC[N+](CCCC)(CCCC)CCCC.N#CNC#N. The van der Waals surface area contributed by atoms with Gasteiger partial charge in [0.1, 0.15) is 0 Å². The summed E-state index contributed by atoms with van der Waals surface area (Å²) in [6, 6.07) is 0. The molecule has 0 saturated carbocycles. The molecule has 0 atom stereocenters. The molecule has 0 saturated heterocycles. The Kier molecular flexibility index (Phi) is 20.6. The van der Waals surface area contributed by atoms with Crippen molar-refractivity contribution in [3.63, 3.8) is 0 Å². The van der Waals surface area contributed by atoms with Crippen molar-refractivity contribution in [2.24, 2.45) is 0 Å². The van der Waals surface area contributed by atoms with Crippen molar-refractivity contribution in [2.75, 3.05) is 26.2 Å². The average Bonchev–Trinajstić information content (AvgIpc) is 2.61. The summed E-state index contributed by atoms with van der Waals surface area (Å²) in [5.74, 6) is 0. The Bertz CT molecular complexity index is 294. The van der Waals surface area contributed by atoms with E-state index in [1.807, 2.05) is 0 Å². The highest BCUT2D eigenvalue weighted by atomic mass is 15.3. The quantitative estimate of drug-likeness (QED) is 0.202. The topological polar surface area (TPSA) is 59.6 Å². The Morgan fingerprint density at radius 1 is 0.583 bits per heavy atom. The van der Waals surface area contributed by atoms with Crippen LogP contribution in [0.1, 0.15) is 91.9 Å². The second-order valence-electron chi connectivity index (χ2n) is 6.71. The lowest BCUT2D eigenvalue weighted by Crippen LogP contribution is -2.50. The van der Waals surface area contributed by atoms with Crippen LogP contribution in [0.4, 0.5) is 0 Å². The molecule has 0 aliphatic carbocycles. The van der Waals surface area contributed by atoms with Crippen molar-refractivity contribution in [3.05, 3.63) is 0 Å². The molecule has 4 heteroatoms. The molecule has 0 amide bonds. The minimum absolute atomic E-state index is 1.35. The van der Waals surface area contributed by atoms with Gasteiger partial charge in [0.05, 0.1) is 26.2 Å². The molecule has 0 bridgehead atoms. The van der Waals surface area contributed by atoms with Crippen LogP contribution in [0.3, 0.4) is 0 Å². The van der Waals surface area contributed by atoms with Gasteiger partial charge in [0.25, 0.3) is 0 Å². The summed E-state index contributed by atoms with van der Waals surface area (Å²) in [5.41, 5.74) is 0. The summed E-state index contributed by atoms with van der Waals surface area (Å²) >= 11 is 0. The number of nitriles is 2. The Morgan fingerprint density at radius 3 is 1.25 bits per heavy atom. The summed E-state index contributed by atoms with van der Waals surface area (Å²) in [4.78, 5) is 0. The summed E-state index contributed by atoms with van der Waals surface area (Å²) in [7, 11) is 0. The monoisotopic (exact) mass is 337 g/mol. The highest BCUT2D eigenvalue weighted by Crippen LogP contribution is 2.17. The first-order valence-corrected chi connectivity index (χ1v) is 10.0. The van der Waals surface area contributed by atoms with Crippen LogP contribution >= 0.6 is 0 Å². The molecule has 140 valence electrons. The fraction of sp³-hybridized carbons (Fsp3) is 0.900. The number of unbranched alkanes of at least 4 members (excludes halogenated alkanes) is 6. The molecule has 1 N–H and O–H groups in total. The predicted molar refractivity (Wildman–Crippen MR) is 103 cm³/mol. The van der Waals surface area contributed by atoms with Gasteiger partial charge >= 0.3 is 0 Å². The van der Waals surface area contributed by atoms with E-state index in [4.69, 9.17) is 10.5 Å². The molecular weight excluding hydrogens is 296 g/mol. The van der Waals surface area contributed by atoms with Crippen LogP contribution in [-0.4, -0.2) is 30.7 Å². The molecule has 0 aromatic carbocycles. The Hall–Kier alpha value is -1.26. The van der Waals surface area contributed by atoms with Crippen LogP contribution < -0.4 is 5.32 Å². The maximum absolute atomic E-state index is 7.48. The molecule has 0 radical (unpaired) electrons. The zero-order valence-electron chi connectivity index (χ0n) is 16.7. The third-order valence-corrected chi connectivity index (χ3v) is 4.56. The first-order valence-electron chi connectivity index (χ1n) is 10.0. The van der Waals surface area contributed by atoms with E-state index in [1.54, 1.807) is 5.32 Å². The van der Waals surface area contributed by atoms with Crippen LogP contribution in [0.15, 0.2) is 0 Å². The van der Waals surface area contributed by atoms with Crippen molar-refractivity contribution in [2.45, 2.75) is 91.9 Å². The van der Waals surface area contributed by atoms with Gasteiger partial charge in [-0.1, -0.05) is 59.8 Å². The Balaban J connectivity index is 0. The van der Waals surface area contributed by atoms with Crippen molar-refractivity contribution in [3.8, 4) is 12.4 Å². The second-order valence-corrected chi connectivity index (χ2v) is 6.71. The molecule has 0 aliphatic heterocycles. The zero-order chi connectivity index (χ0) is 18.5. The van der Waals surface area contributed by atoms with Crippen LogP contribution in [0.25, 0.3) is 0 Å². The van der Waals surface area contributed by atoms with Crippen LogP contribution in [0, 0.1) is 22.9 Å². The molecule has 0 aliphatic rings. The number of rotatable bonds is 14. The zero-order valence-corrected chi connectivity index (χ0v) is 16.7. The molecule has 0 heterocycles. The van der Waals surface area contributed by atoms with Crippen LogP contribution in [-0.2, 0) is 0 Å². The van der Waals surface area contributed by atoms with Crippen molar-refractivity contribution in [1.82, 2.24) is 5.32 Å². The molecular formula is C20H41N4+. The van der Waals surface area contributed by atoms with Gasteiger partial charge in [-0.05, 0) is 32.1 Å². The Morgan fingerprint density at radius 2 is 0.958 bits per heavy atom. The van der Waals surface area contributed by atoms with Crippen molar-refractivity contribution >= 4 is 0 Å². The van der Waals surface area contributed by atoms with E-state index in [1.165, 1.54) is 107 Å². The van der Waals surface area contributed by atoms with Crippen LogP contribution in [0.2, 0.25) is 0 Å². The number of nitrogens with zero attached hydrogens (tertiary/aromatic N) is 3. The van der Waals surface area contributed by atoms with Gasteiger partial charge < -0.3 is 4.48 Å². The molecule has 24 heavy (non-hydrogen) atoms. The number of quaternary nitrogens is 1. The van der Waals surface area contributed by atoms with Gasteiger partial charge in [0.2, 0.25) is 0 Å². The standard InChI is InChI=1S/C18H40N.C2HN3/c1-5-9-13-14-18-19(15-10-6-2,16-11-7-3)17-12-8-4;3-1-5-2-4/h5-18H2,1-4H3;5H/q+1;. The molecule has 0 spiro atoms. The van der Waals surface area contributed by atoms with E-state index >= 15 is 0 Å². The lowest BCUT2D eigenvalue weighted by molar-refractivity contribution is -0.929. The number of hydrogen-bond acceptors (Lipinski definition) is 3. The van der Waals surface area contributed by atoms with Gasteiger partial charge in [-0.25, -0.2) is 5.32 Å². The van der Waals surface area contributed by atoms with Crippen molar-refractivity contribution < 1.29 is 4.48 Å². The smallest absolute Gasteiger partial charge is 0.190 e. The summed E-state index contributed by atoms with van der Waals surface area (Å²) in [6.45, 7) is 15.1. The molecule has 0 aromatic heterocycles. The third kappa shape index (κ3) is 15.6. The maximum Gasteiger partial charge on any atom is 0.190 e. The largest absolute Gasteiger partial charge is 0.324 e. The molecule has 0 aromatic rings. The Labute approximate surface area is 151 Å². The molecule has 0 unspecified atom stereocenters.